The lowest BCUT2D eigenvalue weighted by molar-refractivity contribution is -0.122. The summed E-state index contributed by atoms with van der Waals surface area (Å²) in [7, 11) is 0. The number of hydrogen-bond acceptors (Lipinski definition) is 3. The predicted molar refractivity (Wildman–Crippen MR) is 128 cm³/mol. The van der Waals surface area contributed by atoms with Crippen LogP contribution < -0.4 is 10.2 Å². The van der Waals surface area contributed by atoms with E-state index in [2.05, 4.69) is 5.32 Å². The number of nitrogens with one attached hydrogen (secondary N) is 1. The van der Waals surface area contributed by atoms with Crippen molar-refractivity contribution >= 4 is 52.5 Å². The number of benzene rings is 2. The van der Waals surface area contributed by atoms with E-state index >= 15 is 0 Å². The van der Waals surface area contributed by atoms with Crippen LogP contribution in [0.4, 0.5) is 5.69 Å². The first-order chi connectivity index (χ1) is 14.8. The molecule has 156 valence electrons. The number of amides is 2. The molecule has 3 aromatic rings. The van der Waals surface area contributed by atoms with Crippen LogP contribution in [0.3, 0.4) is 0 Å². The van der Waals surface area contributed by atoms with Gasteiger partial charge in [0.25, 0.3) is 11.8 Å². The van der Waals surface area contributed by atoms with Crippen LogP contribution in [0, 0.1) is 20.8 Å². The molecular weight excluding hydrogens is 430 g/mol. The van der Waals surface area contributed by atoms with Gasteiger partial charge in [-0.3, -0.25) is 19.8 Å². The van der Waals surface area contributed by atoms with Crippen molar-refractivity contribution in [3.05, 3.63) is 87.7 Å². The second-order valence-electron chi connectivity index (χ2n) is 7.41. The lowest BCUT2D eigenvalue weighted by Crippen LogP contribution is -2.54. The van der Waals surface area contributed by atoms with Crippen molar-refractivity contribution in [1.82, 2.24) is 9.88 Å². The average Bonchev–Trinajstić information content (AvgIpc) is 3.18. The van der Waals surface area contributed by atoms with E-state index < -0.39 is 11.8 Å². The number of anilines is 1. The molecular formula is C24H20ClN3O2S. The average molecular weight is 450 g/mol. The molecule has 0 bridgehead atoms. The molecule has 0 saturated carbocycles. The quantitative estimate of drug-likeness (QED) is 0.352. The van der Waals surface area contributed by atoms with Crippen molar-refractivity contribution in [3.8, 4) is 5.69 Å². The molecule has 1 aliphatic heterocycles. The fraction of sp³-hybridized carbons (Fsp3) is 0.125. The molecule has 4 rings (SSSR count). The first kappa shape index (κ1) is 21.0. The first-order valence-electron chi connectivity index (χ1n) is 9.69. The molecule has 2 amide bonds. The Hall–Kier alpha value is -3.22. The summed E-state index contributed by atoms with van der Waals surface area (Å²) in [6.07, 6.45) is 3.43. The fourth-order valence-corrected chi connectivity index (χ4v) is 3.93. The number of rotatable bonds is 3. The molecule has 0 spiro atoms. The Morgan fingerprint density at radius 3 is 2.52 bits per heavy atom. The standard InChI is InChI=1S/C24H20ClN3O2S/c1-14-6-4-8-21(16(14)3)28-23(30)19(22(29)26-24(28)31)12-17-7-5-11-27(17)18-10-9-15(2)20(25)13-18/h4-13H,1-3H3,(H,26,29,31)/b19-12+. The van der Waals surface area contributed by atoms with E-state index in [1.54, 1.807) is 6.08 Å². The van der Waals surface area contributed by atoms with Crippen molar-refractivity contribution in [2.75, 3.05) is 4.90 Å². The van der Waals surface area contributed by atoms with Crippen molar-refractivity contribution in [3.63, 3.8) is 0 Å². The third-order valence-electron chi connectivity index (χ3n) is 5.42. The summed E-state index contributed by atoms with van der Waals surface area (Å²) in [4.78, 5) is 27.4. The zero-order valence-corrected chi connectivity index (χ0v) is 18.8. The molecule has 1 aromatic heterocycles. The van der Waals surface area contributed by atoms with Gasteiger partial charge in [-0.1, -0.05) is 29.8 Å². The smallest absolute Gasteiger partial charge is 0.270 e. The highest BCUT2D eigenvalue weighted by Crippen LogP contribution is 2.28. The van der Waals surface area contributed by atoms with E-state index in [1.807, 2.05) is 80.1 Å². The Balaban J connectivity index is 1.78. The molecule has 0 unspecified atom stereocenters. The minimum Gasteiger partial charge on any atom is -0.317 e. The Labute approximate surface area is 190 Å². The summed E-state index contributed by atoms with van der Waals surface area (Å²) in [5, 5.41) is 3.35. The molecule has 0 atom stereocenters. The highest BCUT2D eigenvalue weighted by Gasteiger charge is 2.35. The number of thiocarbonyl (C=S) groups is 1. The number of nitrogens with zero attached hydrogens (tertiary/aromatic N) is 2. The van der Waals surface area contributed by atoms with Gasteiger partial charge < -0.3 is 4.57 Å². The summed E-state index contributed by atoms with van der Waals surface area (Å²) in [6.45, 7) is 5.82. The number of carbonyl (C=O) groups excluding carboxylic acids is 2. The molecule has 1 aliphatic rings. The summed E-state index contributed by atoms with van der Waals surface area (Å²) in [6, 6.07) is 15.0. The van der Waals surface area contributed by atoms with E-state index in [9.17, 15) is 9.59 Å². The van der Waals surface area contributed by atoms with Crippen LogP contribution in [-0.4, -0.2) is 21.5 Å². The van der Waals surface area contributed by atoms with Gasteiger partial charge in [-0.25, -0.2) is 0 Å². The number of hydrogen-bond donors (Lipinski definition) is 1. The van der Waals surface area contributed by atoms with Gasteiger partial charge in [0.1, 0.15) is 5.57 Å². The Bertz CT molecular complexity index is 1280. The second kappa shape index (κ2) is 8.13. The van der Waals surface area contributed by atoms with Crippen LogP contribution in [-0.2, 0) is 9.59 Å². The topological polar surface area (TPSA) is 54.3 Å². The summed E-state index contributed by atoms with van der Waals surface area (Å²) in [5.74, 6) is -0.983. The Morgan fingerprint density at radius 1 is 1.00 bits per heavy atom. The third kappa shape index (κ3) is 3.80. The van der Waals surface area contributed by atoms with Crippen LogP contribution in [0.5, 0.6) is 0 Å². The highest BCUT2D eigenvalue weighted by molar-refractivity contribution is 7.80. The maximum Gasteiger partial charge on any atom is 0.270 e. The maximum absolute atomic E-state index is 13.4. The highest BCUT2D eigenvalue weighted by atomic mass is 35.5. The van der Waals surface area contributed by atoms with Crippen LogP contribution in [0.15, 0.2) is 60.3 Å². The monoisotopic (exact) mass is 449 g/mol. The number of halogens is 1. The van der Waals surface area contributed by atoms with E-state index in [0.717, 1.165) is 22.4 Å². The SMILES string of the molecule is Cc1ccc(-n2cccc2/C=C2\C(=O)NC(=S)N(c3cccc(C)c3C)C2=O)cc1Cl. The fourth-order valence-electron chi connectivity index (χ4n) is 3.48. The van der Waals surface area contributed by atoms with Crippen LogP contribution in [0.1, 0.15) is 22.4 Å². The lowest BCUT2D eigenvalue weighted by atomic mass is 10.0. The molecule has 0 radical (unpaired) electrons. The van der Waals surface area contributed by atoms with E-state index in [4.69, 9.17) is 23.8 Å². The lowest BCUT2D eigenvalue weighted by Gasteiger charge is -2.30. The van der Waals surface area contributed by atoms with Gasteiger partial charge >= 0.3 is 0 Å². The van der Waals surface area contributed by atoms with E-state index in [1.165, 1.54) is 4.90 Å². The summed E-state index contributed by atoms with van der Waals surface area (Å²) >= 11 is 11.6. The number of aryl methyl sites for hydroxylation is 2. The van der Waals surface area contributed by atoms with Gasteiger partial charge in [-0.2, -0.15) is 0 Å². The Kier molecular flexibility index (Phi) is 5.52. The second-order valence-corrected chi connectivity index (χ2v) is 8.21. The van der Waals surface area contributed by atoms with Gasteiger partial charge in [0.2, 0.25) is 0 Å². The van der Waals surface area contributed by atoms with Crippen molar-refractivity contribution in [2.45, 2.75) is 20.8 Å². The predicted octanol–water partition coefficient (Wildman–Crippen LogP) is 4.89. The molecule has 7 heteroatoms. The van der Waals surface area contributed by atoms with Crippen molar-refractivity contribution in [1.29, 1.82) is 0 Å². The number of carbonyl (C=O) groups is 2. The molecule has 1 N–H and O–H groups in total. The summed E-state index contributed by atoms with van der Waals surface area (Å²) in [5.41, 5.74) is 5.09. The third-order valence-corrected chi connectivity index (χ3v) is 6.12. The molecule has 31 heavy (non-hydrogen) atoms. The minimum atomic E-state index is -0.522. The van der Waals surface area contributed by atoms with Crippen LogP contribution in [0.25, 0.3) is 11.8 Å². The summed E-state index contributed by atoms with van der Waals surface area (Å²) < 4.78 is 1.87. The van der Waals surface area contributed by atoms with Crippen molar-refractivity contribution in [2.24, 2.45) is 0 Å². The van der Waals surface area contributed by atoms with Gasteiger partial charge in [0, 0.05) is 22.6 Å². The van der Waals surface area contributed by atoms with E-state index in [-0.39, 0.29) is 10.7 Å². The molecule has 1 fully saturated rings. The van der Waals surface area contributed by atoms with Crippen molar-refractivity contribution < 1.29 is 9.59 Å². The molecule has 2 heterocycles. The zero-order valence-electron chi connectivity index (χ0n) is 17.3. The number of aromatic nitrogens is 1. The molecule has 2 aromatic carbocycles. The van der Waals surface area contributed by atoms with Crippen LogP contribution >= 0.6 is 23.8 Å². The van der Waals surface area contributed by atoms with Crippen LogP contribution in [0.2, 0.25) is 5.02 Å². The molecule has 0 aliphatic carbocycles. The largest absolute Gasteiger partial charge is 0.317 e. The molecule has 5 nitrogen and oxygen atoms in total. The van der Waals surface area contributed by atoms with Gasteiger partial charge in [-0.05, 0) is 86.1 Å². The zero-order chi connectivity index (χ0) is 22.3. The minimum absolute atomic E-state index is 0.00710. The Morgan fingerprint density at radius 2 is 1.77 bits per heavy atom. The first-order valence-corrected chi connectivity index (χ1v) is 10.5. The van der Waals surface area contributed by atoms with E-state index in [0.29, 0.717) is 16.4 Å². The van der Waals surface area contributed by atoms with Gasteiger partial charge in [-0.15, -0.1) is 0 Å². The van der Waals surface area contributed by atoms with Gasteiger partial charge in [0.15, 0.2) is 5.11 Å². The van der Waals surface area contributed by atoms with Gasteiger partial charge in [0.05, 0.1) is 5.69 Å². The normalized spacial score (nSPS) is 15.5. The maximum atomic E-state index is 13.4. The molecule has 1 saturated heterocycles.